The molecule has 1 unspecified atom stereocenters. The van der Waals surface area contributed by atoms with Gasteiger partial charge >= 0.3 is 12.1 Å². The second kappa shape index (κ2) is 9.62. The minimum Gasteiger partial charge on any atom is -0.444 e. The van der Waals surface area contributed by atoms with Crippen molar-refractivity contribution < 1.29 is 27.5 Å². The van der Waals surface area contributed by atoms with Crippen molar-refractivity contribution >= 4 is 32.9 Å². The summed E-state index contributed by atoms with van der Waals surface area (Å²) >= 11 is 0. The lowest BCUT2D eigenvalue weighted by atomic mass is 9.86. The molecule has 1 aromatic carbocycles. The SMILES string of the molecule is CC(C)(C)OC(=O)NC1CCN(S(=O)(=O)c2cccc3c(=O)n(COC(=O)C4CCC4)ccc23)C1. The molecule has 0 spiro atoms. The molecular formula is C24H31N3O7S. The molecule has 1 aliphatic carbocycles. The predicted molar refractivity (Wildman–Crippen MR) is 128 cm³/mol. The summed E-state index contributed by atoms with van der Waals surface area (Å²) in [7, 11) is -3.92. The molecule has 0 radical (unpaired) electrons. The van der Waals surface area contributed by atoms with Crippen LogP contribution >= 0.6 is 0 Å². The number of ether oxygens (including phenoxy) is 2. The number of carbonyl (C=O) groups is 2. The molecule has 1 saturated carbocycles. The van der Waals surface area contributed by atoms with Gasteiger partial charge < -0.3 is 14.8 Å². The van der Waals surface area contributed by atoms with Gasteiger partial charge in [0.2, 0.25) is 10.0 Å². The Morgan fingerprint density at radius 3 is 2.51 bits per heavy atom. The van der Waals surface area contributed by atoms with Crippen LogP contribution in [0.4, 0.5) is 4.79 Å². The molecule has 0 bridgehead atoms. The second-order valence-electron chi connectivity index (χ2n) is 10.0. The first-order valence-corrected chi connectivity index (χ1v) is 13.2. The third kappa shape index (κ3) is 5.51. The summed E-state index contributed by atoms with van der Waals surface area (Å²) in [4.78, 5) is 37.1. The van der Waals surface area contributed by atoms with Crippen molar-refractivity contribution in [2.24, 2.45) is 5.92 Å². The standard InChI is InChI=1S/C24H31N3O7S/c1-24(2,3)34-23(30)25-17-10-13-27(14-17)35(31,32)20-9-5-8-19-18(20)11-12-26(21(19)28)15-33-22(29)16-6-4-7-16/h5,8-9,11-12,16-17H,4,6-7,10,13-15H2,1-3H3,(H,25,30). The minimum atomic E-state index is -3.92. The summed E-state index contributed by atoms with van der Waals surface area (Å²) in [5.41, 5.74) is -1.09. The van der Waals surface area contributed by atoms with E-state index >= 15 is 0 Å². The number of fused-ring (bicyclic) bond motifs is 1. The van der Waals surface area contributed by atoms with Gasteiger partial charge in [-0.05, 0) is 58.2 Å². The van der Waals surface area contributed by atoms with Crippen LogP contribution in [0.15, 0.2) is 40.2 Å². The number of hydrogen-bond donors (Lipinski definition) is 1. The van der Waals surface area contributed by atoms with E-state index in [2.05, 4.69) is 5.32 Å². The molecule has 1 saturated heterocycles. The molecule has 1 aromatic heterocycles. The Morgan fingerprint density at radius 2 is 1.86 bits per heavy atom. The Balaban J connectivity index is 1.51. The minimum absolute atomic E-state index is 0.0173. The molecule has 2 heterocycles. The van der Waals surface area contributed by atoms with E-state index in [1.165, 1.54) is 27.2 Å². The van der Waals surface area contributed by atoms with Gasteiger partial charge in [0.15, 0.2) is 6.73 Å². The van der Waals surface area contributed by atoms with Crippen molar-refractivity contribution in [3.8, 4) is 0 Å². The molecule has 11 heteroatoms. The van der Waals surface area contributed by atoms with Crippen LogP contribution in [-0.2, 0) is 31.0 Å². The number of rotatable bonds is 6. The van der Waals surface area contributed by atoms with Crippen LogP contribution < -0.4 is 10.9 Å². The number of sulfonamides is 1. The molecule has 190 valence electrons. The highest BCUT2D eigenvalue weighted by Crippen LogP contribution is 2.28. The van der Waals surface area contributed by atoms with Crippen molar-refractivity contribution in [1.82, 2.24) is 14.2 Å². The topological polar surface area (TPSA) is 124 Å². The van der Waals surface area contributed by atoms with Crippen molar-refractivity contribution in [3.05, 3.63) is 40.8 Å². The number of aromatic nitrogens is 1. The first-order valence-electron chi connectivity index (χ1n) is 11.7. The van der Waals surface area contributed by atoms with E-state index in [9.17, 15) is 22.8 Å². The van der Waals surface area contributed by atoms with Crippen LogP contribution in [-0.4, -0.2) is 54.1 Å². The quantitative estimate of drug-likeness (QED) is 0.599. The molecular weight excluding hydrogens is 474 g/mol. The highest BCUT2D eigenvalue weighted by Gasteiger charge is 2.35. The Hall–Kier alpha value is -2.92. The number of alkyl carbamates (subject to hydrolysis) is 1. The molecule has 2 aliphatic rings. The Morgan fingerprint density at radius 1 is 1.11 bits per heavy atom. The van der Waals surface area contributed by atoms with Crippen LogP contribution in [0.25, 0.3) is 10.8 Å². The fourth-order valence-corrected chi connectivity index (χ4v) is 5.90. The van der Waals surface area contributed by atoms with Gasteiger partial charge in [0, 0.05) is 36.1 Å². The molecule has 10 nitrogen and oxygen atoms in total. The number of carbonyl (C=O) groups excluding carboxylic acids is 2. The van der Waals surface area contributed by atoms with Gasteiger partial charge in [-0.1, -0.05) is 12.5 Å². The third-order valence-electron chi connectivity index (χ3n) is 6.25. The van der Waals surface area contributed by atoms with E-state index in [1.807, 2.05) is 0 Å². The maximum absolute atomic E-state index is 13.4. The second-order valence-corrected chi connectivity index (χ2v) is 11.9. The number of esters is 1. The summed E-state index contributed by atoms with van der Waals surface area (Å²) in [5, 5.41) is 3.23. The molecule has 35 heavy (non-hydrogen) atoms. The number of amides is 1. The molecule has 1 atom stereocenters. The zero-order valence-electron chi connectivity index (χ0n) is 20.2. The van der Waals surface area contributed by atoms with Crippen molar-refractivity contribution in [2.75, 3.05) is 13.1 Å². The smallest absolute Gasteiger partial charge is 0.407 e. The summed E-state index contributed by atoms with van der Waals surface area (Å²) in [6.45, 7) is 5.38. The highest BCUT2D eigenvalue weighted by molar-refractivity contribution is 7.89. The van der Waals surface area contributed by atoms with E-state index in [0.29, 0.717) is 11.8 Å². The van der Waals surface area contributed by atoms with Crippen LogP contribution in [0.5, 0.6) is 0 Å². The Kier molecular flexibility index (Phi) is 6.92. The maximum atomic E-state index is 13.4. The summed E-state index contributed by atoms with van der Waals surface area (Å²) in [6.07, 6.45) is 3.90. The third-order valence-corrected chi connectivity index (χ3v) is 8.18. The summed E-state index contributed by atoms with van der Waals surface area (Å²) in [6, 6.07) is 5.71. The first-order chi connectivity index (χ1) is 16.5. The normalized spacial score (nSPS) is 19.3. The van der Waals surface area contributed by atoms with Gasteiger partial charge in [0.25, 0.3) is 5.56 Å². The van der Waals surface area contributed by atoms with E-state index < -0.39 is 27.3 Å². The van der Waals surface area contributed by atoms with E-state index in [-0.39, 0.29) is 48.0 Å². The summed E-state index contributed by atoms with van der Waals surface area (Å²) < 4.78 is 40.0. The fourth-order valence-electron chi connectivity index (χ4n) is 4.19. The van der Waals surface area contributed by atoms with Crippen molar-refractivity contribution in [2.45, 2.75) is 69.7 Å². The van der Waals surface area contributed by atoms with Gasteiger partial charge in [-0.15, -0.1) is 0 Å². The van der Waals surface area contributed by atoms with E-state index in [4.69, 9.17) is 9.47 Å². The lowest BCUT2D eigenvalue weighted by Gasteiger charge is -2.23. The van der Waals surface area contributed by atoms with Gasteiger partial charge in [-0.25, -0.2) is 13.2 Å². The van der Waals surface area contributed by atoms with E-state index in [0.717, 1.165) is 19.3 Å². The maximum Gasteiger partial charge on any atom is 0.407 e. The Bertz CT molecular complexity index is 1290. The van der Waals surface area contributed by atoms with Crippen LogP contribution in [0, 0.1) is 5.92 Å². The average Bonchev–Trinajstić information content (AvgIpc) is 3.19. The first kappa shape index (κ1) is 25.2. The number of nitrogens with one attached hydrogen (secondary N) is 1. The van der Waals surface area contributed by atoms with Gasteiger partial charge in [-0.3, -0.25) is 14.2 Å². The largest absolute Gasteiger partial charge is 0.444 e. The average molecular weight is 506 g/mol. The monoisotopic (exact) mass is 505 g/mol. The van der Waals surface area contributed by atoms with Crippen LogP contribution in [0.3, 0.4) is 0 Å². The van der Waals surface area contributed by atoms with E-state index in [1.54, 1.807) is 32.9 Å². The number of pyridine rings is 1. The lowest BCUT2D eigenvalue weighted by Crippen LogP contribution is -2.41. The molecule has 4 rings (SSSR count). The fraction of sp³-hybridized carbons (Fsp3) is 0.542. The van der Waals surface area contributed by atoms with Crippen molar-refractivity contribution in [3.63, 3.8) is 0 Å². The zero-order chi connectivity index (χ0) is 25.4. The van der Waals surface area contributed by atoms with Crippen LogP contribution in [0.2, 0.25) is 0 Å². The zero-order valence-corrected chi connectivity index (χ0v) is 21.0. The Labute approximate surface area is 204 Å². The van der Waals surface area contributed by atoms with Crippen LogP contribution in [0.1, 0.15) is 46.5 Å². The van der Waals surface area contributed by atoms with Crippen molar-refractivity contribution in [1.29, 1.82) is 0 Å². The van der Waals surface area contributed by atoms with Gasteiger partial charge in [0.1, 0.15) is 5.60 Å². The molecule has 1 N–H and O–H groups in total. The van der Waals surface area contributed by atoms with Gasteiger partial charge in [-0.2, -0.15) is 4.31 Å². The molecule has 2 fully saturated rings. The highest BCUT2D eigenvalue weighted by atomic mass is 32.2. The molecule has 1 aliphatic heterocycles. The molecule has 1 amide bonds. The predicted octanol–water partition coefficient (Wildman–Crippen LogP) is 2.59. The number of benzene rings is 1. The number of nitrogens with zero attached hydrogens (tertiary/aromatic N) is 2. The van der Waals surface area contributed by atoms with Gasteiger partial charge in [0.05, 0.1) is 10.8 Å². The molecule has 2 aromatic rings. The summed E-state index contributed by atoms with van der Waals surface area (Å²) in [5.74, 6) is -0.417. The number of hydrogen-bond acceptors (Lipinski definition) is 7. The lowest BCUT2D eigenvalue weighted by molar-refractivity contribution is -0.155.